The van der Waals surface area contributed by atoms with Crippen LogP contribution in [0.3, 0.4) is 0 Å². The van der Waals surface area contributed by atoms with Crippen molar-refractivity contribution in [3.05, 3.63) is 71.0 Å². The molecule has 3 rings (SSSR count). The van der Waals surface area contributed by atoms with Gasteiger partial charge in [-0.2, -0.15) is 10.5 Å². The predicted molar refractivity (Wildman–Crippen MR) is 112 cm³/mol. The van der Waals surface area contributed by atoms with Gasteiger partial charge in [0.25, 0.3) is 0 Å². The molecule has 0 bridgehead atoms. The third-order valence-electron chi connectivity index (χ3n) is 3.07. The Kier molecular flexibility index (Phi) is 15.5. The van der Waals surface area contributed by atoms with Gasteiger partial charge in [-0.05, 0) is 32.9 Å². The van der Waals surface area contributed by atoms with Crippen molar-refractivity contribution in [3.8, 4) is 23.5 Å². The van der Waals surface area contributed by atoms with E-state index in [-0.39, 0.29) is 5.48 Å². The number of benzene rings is 2. The van der Waals surface area contributed by atoms with Crippen LogP contribution in [0.4, 0.5) is 0 Å². The number of aromatic nitrogens is 4. The van der Waals surface area contributed by atoms with Crippen molar-refractivity contribution in [1.82, 2.24) is 20.4 Å². The van der Waals surface area contributed by atoms with E-state index in [1.807, 2.05) is 62.4 Å². The number of nitriles is 2. The molecule has 152 valence electrons. The van der Waals surface area contributed by atoms with Gasteiger partial charge in [-0.25, -0.2) is 0 Å². The Morgan fingerprint density at radius 2 is 1.10 bits per heavy atom. The van der Waals surface area contributed by atoms with Crippen molar-refractivity contribution in [3.63, 3.8) is 0 Å². The summed E-state index contributed by atoms with van der Waals surface area (Å²) in [4.78, 5) is 0. The van der Waals surface area contributed by atoms with E-state index in [2.05, 4.69) is 38.1 Å². The van der Waals surface area contributed by atoms with Crippen LogP contribution in [-0.2, 0) is 0 Å². The van der Waals surface area contributed by atoms with Gasteiger partial charge in [-0.3, -0.25) is 11.7 Å². The highest BCUT2D eigenvalue weighted by Crippen LogP contribution is 2.13. The van der Waals surface area contributed by atoms with Gasteiger partial charge in [0.05, 0.1) is 17.7 Å². The minimum absolute atomic E-state index is 0. The van der Waals surface area contributed by atoms with Gasteiger partial charge in [0.15, 0.2) is 5.82 Å². The maximum atomic E-state index is 8.38. The maximum absolute atomic E-state index is 8.38. The Hall–Kier alpha value is -3.76. The lowest BCUT2D eigenvalue weighted by Crippen LogP contribution is -2.02. The molecule has 0 amide bonds. The molecule has 1 aromatic heterocycles. The molecule has 0 aliphatic heterocycles. The van der Waals surface area contributed by atoms with Gasteiger partial charge in [-0.1, -0.05) is 47.5 Å². The second-order valence-corrected chi connectivity index (χ2v) is 5.34. The van der Waals surface area contributed by atoms with Crippen LogP contribution in [0.15, 0.2) is 48.5 Å². The molecule has 6 N–H and O–H groups in total. The number of hydrazine groups is 1. The van der Waals surface area contributed by atoms with E-state index < -0.39 is 0 Å². The van der Waals surface area contributed by atoms with Gasteiger partial charge in [-0.15, -0.1) is 20.4 Å². The summed E-state index contributed by atoms with van der Waals surface area (Å²) in [5.74, 6) is 9.15. The zero-order valence-corrected chi connectivity index (χ0v) is 17.0. The number of nitrogens with zero attached hydrogens (tertiary/aromatic N) is 6. The van der Waals surface area contributed by atoms with Crippen molar-refractivity contribution in [2.24, 2.45) is 11.7 Å². The fourth-order valence-electron chi connectivity index (χ4n) is 1.73. The van der Waals surface area contributed by atoms with Crippen LogP contribution >= 0.6 is 0 Å². The van der Waals surface area contributed by atoms with Gasteiger partial charge < -0.3 is 5.48 Å². The van der Waals surface area contributed by atoms with Crippen LogP contribution in [0, 0.1) is 43.4 Å². The van der Waals surface area contributed by atoms with E-state index in [9.17, 15) is 0 Å². The summed E-state index contributed by atoms with van der Waals surface area (Å²) in [6.07, 6.45) is 0. The highest BCUT2D eigenvalue weighted by atomic mass is 16.0. The Balaban J connectivity index is 0. The van der Waals surface area contributed by atoms with Crippen molar-refractivity contribution >= 4 is 0 Å². The molecule has 0 atom stereocenters. The summed E-state index contributed by atoms with van der Waals surface area (Å²) in [7, 11) is 0. The Morgan fingerprint density at radius 3 is 1.48 bits per heavy atom. The van der Waals surface area contributed by atoms with E-state index in [1.165, 1.54) is 18.1 Å². The van der Waals surface area contributed by atoms with Crippen LogP contribution in [0.1, 0.15) is 29.4 Å². The molecular formula is C20H26N8O. The molecule has 1 heterocycles. The summed E-state index contributed by atoms with van der Waals surface area (Å²) in [5, 5.41) is 31.3. The van der Waals surface area contributed by atoms with Crippen molar-refractivity contribution < 1.29 is 5.48 Å². The summed E-state index contributed by atoms with van der Waals surface area (Å²) in [6, 6.07) is 19.2. The SMILES string of the molecule is CC#N.Cc1ccc(-c2nnc(C)nn2)cc1.Cc1ccc(C#N)cc1.NN.O. The minimum atomic E-state index is 0. The second-order valence-electron chi connectivity index (χ2n) is 5.34. The molecule has 2 aromatic carbocycles. The van der Waals surface area contributed by atoms with Crippen molar-refractivity contribution in [2.45, 2.75) is 27.7 Å². The van der Waals surface area contributed by atoms with Gasteiger partial charge in [0.2, 0.25) is 5.82 Å². The number of nitrogens with two attached hydrogens (primary N) is 2. The zero-order chi connectivity index (χ0) is 21.4. The Morgan fingerprint density at radius 1 is 0.724 bits per heavy atom. The number of rotatable bonds is 1. The molecule has 0 aliphatic carbocycles. The molecule has 3 aromatic rings. The first-order valence-electron chi connectivity index (χ1n) is 8.22. The molecule has 0 aliphatic rings. The summed E-state index contributed by atoms with van der Waals surface area (Å²) >= 11 is 0. The average Bonchev–Trinajstić information content (AvgIpc) is 2.72. The van der Waals surface area contributed by atoms with Crippen molar-refractivity contribution in [1.29, 1.82) is 10.5 Å². The highest BCUT2D eigenvalue weighted by Gasteiger charge is 2.01. The lowest BCUT2D eigenvalue weighted by atomic mass is 10.1. The highest BCUT2D eigenvalue weighted by molar-refractivity contribution is 5.53. The third kappa shape index (κ3) is 11.5. The molecule has 0 unspecified atom stereocenters. The summed E-state index contributed by atoms with van der Waals surface area (Å²) in [5.41, 5.74) is 4.06. The van der Waals surface area contributed by atoms with E-state index in [1.54, 1.807) is 13.0 Å². The standard InChI is InChI=1S/C10H10N4.C8H7N.C2H3N.H4N2.H2O/c1-7-3-5-9(6-4-7)10-13-11-8(2)12-14-10;1-7-2-4-8(6-9)5-3-7;1-2-3;1-2;/h3-6H,1-2H3;2-5H,1H3;1H3;1-2H2;1H2. The molecule has 0 saturated heterocycles. The molecule has 0 fully saturated rings. The third-order valence-corrected chi connectivity index (χ3v) is 3.07. The second kappa shape index (κ2) is 16.4. The van der Waals surface area contributed by atoms with E-state index in [4.69, 9.17) is 10.5 Å². The van der Waals surface area contributed by atoms with Gasteiger partial charge in [0.1, 0.15) is 0 Å². The first kappa shape index (κ1) is 27.5. The van der Waals surface area contributed by atoms with Crippen LogP contribution in [0.25, 0.3) is 11.4 Å². The topological polar surface area (TPSA) is 183 Å². The lowest BCUT2D eigenvalue weighted by Gasteiger charge is -1.98. The molecule has 0 radical (unpaired) electrons. The first-order chi connectivity index (χ1) is 13.5. The van der Waals surface area contributed by atoms with Crippen LogP contribution in [0.2, 0.25) is 0 Å². The predicted octanol–water partition coefficient (Wildman–Crippen LogP) is 1.94. The number of aryl methyl sites for hydroxylation is 3. The average molecular weight is 394 g/mol. The van der Waals surface area contributed by atoms with Crippen molar-refractivity contribution in [2.75, 3.05) is 0 Å². The van der Waals surface area contributed by atoms with Crippen LogP contribution < -0.4 is 11.7 Å². The normalized spacial score (nSPS) is 8.00. The molecule has 0 spiro atoms. The summed E-state index contributed by atoms with van der Waals surface area (Å²) in [6.45, 7) is 7.23. The first-order valence-corrected chi connectivity index (χ1v) is 8.22. The monoisotopic (exact) mass is 394 g/mol. The largest absolute Gasteiger partial charge is 0.412 e. The Labute approximate surface area is 170 Å². The van der Waals surface area contributed by atoms with E-state index in [0.29, 0.717) is 11.6 Å². The fraction of sp³-hybridized carbons (Fsp3) is 0.200. The molecule has 9 heteroatoms. The lowest BCUT2D eigenvalue weighted by molar-refractivity contribution is 0.816. The maximum Gasteiger partial charge on any atom is 0.203 e. The van der Waals surface area contributed by atoms with E-state index >= 15 is 0 Å². The van der Waals surface area contributed by atoms with Gasteiger partial charge >= 0.3 is 0 Å². The molecule has 0 saturated carbocycles. The quantitative estimate of drug-likeness (QED) is 0.463. The molecule has 9 nitrogen and oxygen atoms in total. The molecular weight excluding hydrogens is 368 g/mol. The number of hydrogen-bond acceptors (Lipinski definition) is 8. The minimum Gasteiger partial charge on any atom is -0.412 e. The number of hydrogen-bond donors (Lipinski definition) is 2. The summed E-state index contributed by atoms with van der Waals surface area (Å²) < 4.78 is 0. The van der Waals surface area contributed by atoms with E-state index in [0.717, 1.165) is 11.1 Å². The zero-order valence-electron chi connectivity index (χ0n) is 17.0. The Bertz CT molecular complexity index is 837. The van der Waals surface area contributed by atoms with Crippen LogP contribution in [-0.4, -0.2) is 25.9 Å². The smallest absolute Gasteiger partial charge is 0.203 e. The van der Waals surface area contributed by atoms with Crippen LogP contribution in [0.5, 0.6) is 0 Å². The molecule has 29 heavy (non-hydrogen) atoms. The van der Waals surface area contributed by atoms with Gasteiger partial charge in [0, 0.05) is 12.5 Å². The fourth-order valence-corrected chi connectivity index (χ4v) is 1.73.